The Kier molecular flexibility index (Phi) is 6.50. The Labute approximate surface area is 147 Å². The maximum atomic E-state index is 11.2. The van der Waals surface area contributed by atoms with E-state index in [2.05, 4.69) is 5.32 Å². The molecule has 2 aromatic carbocycles. The van der Waals surface area contributed by atoms with Crippen molar-refractivity contribution in [1.29, 1.82) is 0 Å². The fourth-order valence-electron chi connectivity index (χ4n) is 2.52. The molecular weight excluding hydrogens is 326 g/mol. The SMILES string of the molecule is Cc1cccc(C)c1OCCCCNc1c(Cl)cccc1C(=O)O. The van der Waals surface area contributed by atoms with Crippen LogP contribution in [0.15, 0.2) is 36.4 Å². The van der Waals surface area contributed by atoms with Gasteiger partial charge in [-0.25, -0.2) is 4.79 Å². The zero-order valence-corrected chi connectivity index (χ0v) is 14.7. The van der Waals surface area contributed by atoms with Gasteiger partial charge in [-0.2, -0.15) is 0 Å². The van der Waals surface area contributed by atoms with Crippen molar-refractivity contribution in [2.75, 3.05) is 18.5 Å². The summed E-state index contributed by atoms with van der Waals surface area (Å²) in [5.41, 5.74) is 2.93. The highest BCUT2D eigenvalue weighted by atomic mass is 35.5. The van der Waals surface area contributed by atoms with Gasteiger partial charge in [0.15, 0.2) is 0 Å². The van der Waals surface area contributed by atoms with Crippen LogP contribution in [0.3, 0.4) is 0 Å². The van der Waals surface area contributed by atoms with E-state index in [-0.39, 0.29) is 5.56 Å². The van der Waals surface area contributed by atoms with Crippen molar-refractivity contribution in [3.8, 4) is 5.75 Å². The van der Waals surface area contributed by atoms with E-state index in [9.17, 15) is 9.90 Å². The lowest BCUT2D eigenvalue weighted by Gasteiger charge is -2.13. The van der Waals surface area contributed by atoms with Gasteiger partial charge in [0.25, 0.3) is 0 Å². The van der Waals surface area contributed by atoms with Gasteiger partial charge in [0.05, 0.1) is 22.9 Å². The summed E-state index contributed by atoms with van der Waals surface area (Å²) in [5, 5.41) is 12.7. The molecule has 4 nitrogen and oxygen atoms in total. The molecule has 0 heterocycles. The fourth-order valence-corrected chi connectivity index (χ4v) is 2.76. The monoisotopic (exact) mass is 347 g/mol. The minimum Gasteiger partial charge on any atom is -0.493 e. The number of carboxylic acid groups (broad SMARTS) is 1. The lowest BCUT2D eigenvalue weighted by Crippen LogP contribution is -2.09. The number of para-hydroxylation sites is 2. The van der Waals surface area contributed by atoms with Crippen molar-refractivity contribution in [3.05, 3.63) is 58.1 Å². The molecule has 2 aromatic rings. The van der Waals surface area contributed by atoms with E-state index in [1.807, 2.05) is 32.0 Å². The summed E-state index contributed by atoms with van der Waals surface area (Å²) >= 11 is 6.08. The molecular formula is C19H22ClNO3. The number of unbranched alkanes of at least 4 members (excludes halogenated alkanes) is 1. The normalized spacial score (nSPS) is 10.5. The van der Waals surface area contributed by atoms with Gasteiger partial charge in [-0.05, 0) is 49.9 Å². The van der Waals surface area contributed by atoms with E-state index in [0.29, 0.717) is 23.9 Å². The highest BCUT2D eigenvalue weighted by Gasteiger charge is 2.12. The topological polar surface area (TPSA) is 58.6 Å². The van der Waals surface area contributed by atoms with Gasteiger partial charge in [0.1, 0.15) is 5.75 Å². The largest absolute Gasteiger partial charge is 0.493 e. The van der Waals surface area contributed by atoms with Crippen molar-refractivity contribution in [1.82, 2.24) is 0 Å². The number of carboxylic acids is 1. The van der Waals surface area contributed by atoms with E-state index in [0.717, 1.165) is 29.7 Å². The summed E-state index contributed by atoms with van der Waals surface area (Å²) in [6.45, 7) is 5.34. The average molecular weight is 348 g/mol. The first-order valence-corrected chi connectivity index (χ1v) is 8.33. The van der Waals surface area contributed by atoms with Crippen molar-refractivity contribution in [2.24, 2.45) is 0 Å². The van der Waals surface area contributed by atoms with Crippen LogP contribution in [0.25, 0.3) is 0 Å². The second-order valence-electron chi connectivity index (χ2n) is 5.67. The summed E-state index contributed by atoms with van der Waals surface area (Å²) in [7, 11) is 0. The third kappa shape index (κ3) is 4.65. The molecule has 0 saturated heterocycles. The van der Waals surface area contributed by atoms with E-state index < -0.39 is 5.97 Å². The third-order valence-electron chi connectivity index (χ3n) is 3.77. The van der Waals surface area contributed by atoms with E-state index >= 15 is 0 Å². The number of hydrogen-bond acceptors (Lipinski definition) is 3. The van der Waals surface area contributed by atoms with Gasteiger partial charge in [-0.3, -0.25) is 0 Å². The Balaban J connectivity index is 1.79. The molecule has 24 heavy (non-hydrogen) atoms. The summed E-state index contributed by atoms with van der Waals surface area (Å²) in [5.74, 6) is -0.0388. The number of carbonyl (C=O) groups is 1. The van der Waals surface area contributed by atoms with Gasteiger partial charge < -0.3 is 15.2 Å². The van der Waals surface area contributed by atoms with Crippen molar-refractivity contribution in [2.45, 2.75) is 26.7 Å². The van der Waals surface area contributed by atoms with Crippen LogP contribution in [0.4, 0.5) is 5.69 Å². The van der Waals surface area contributed by atoms with Gasteiger partial charge in [-0.1, -0.05) is 35.9 Å². The molecule has 0 radical (unpaired) electrons. The minimum absolute atomic E-state index is 0.189. The number of nitrogens with one attached hydrogen (secondary N) is 1. The van der Waals surface area contributed by atoms with Crippen LogP contribution >= 0.6 is 11.6 Å². The Hall–Kier alpha value is -2.20. The molecule has 0 spiro atoms. The quantitative estimate of drug-likeness (QED) is 0.665. The zero-order chi connectivity index (χ0) is 17.5. The Bertz CT molecular complexity index is 696. The minimum atomic E-state index is -0.988. The van der Waals surface area contributed by atoms with E-state index in [1.54, 1.807) is 18.2 Å². The first-order chi connectivity index (χ1) is 11.5. The molecule has 5 heteroatoms. The van der Waals surface area contributed by atoms with Crippen LogP contribution in [0.1, 0.15) is 34.3 Å². The Morgan fingerprint density at radius 2 is 1.79 bits per heavy atom. The summed E-state index contributed by atoms with van der Waals surface area (Å²) < 4.78 is 5.86. The van der Waals surface area contributed by atoms with Crippen molar-refractivity contribution < 1.29 is 14.6 Å². The first kappa shape index (κ1) is 18.1. The fraction of sp³-hybridized carbons (Fsp3) is 0.316. The van der Waals surface area contributed by atoms with Crippen LogP contribution in [0.5, 0.6) is 5.75 Å². The molecule has 0 saturated carbocycles. The molecule has 0 fully saturated rings. The van der Waals surface area contributed by atoms with Crippen LogP contribution in [0.2, 0.25) is 5.02 Å². The molecule has 2 N–H and O–H groups in total. The molecule has 0 aliphatic rings. The molecule has 0 amide bonds. The number of aromatic carboxylic acids is 1. The number of anilines is 1. The zero-order valence-electron chi connectivity index (χ0n) is 13.9. The average Bonchev–Trinajstić information content (AvgIpc) is 2.54. The van der Waals surface area contributed by atoms with Crippen LogP contribution in [0, 0.1) is 13.8 Å². The Morgan fingerprint density at radius 1 is 1.12 bits per heavy atom. The molecule has 0 unspecified atom stereocenters. The molecule has 0 bridgehead atoms. The molecule has 0 aromatic heterocycles. The van der Waals surface area contributed by atoms with E-state index in [1.165, 1.54) is 0 Å². The first-order valence-electron chi connectivity index (χ1n) is 7.95. The highest BCUT2D eigenvalue weighted by Crippen LogP contribution is 2.26. The predicted octanol–water partition coefficient (Wildman–Crippen LogP) is 4.93. The lowest BCUT2D eigenvalue weighted by atomic mass is 10.1. The van der Waals surface area contributed by atoms with Crippen LogP contribution in [-0.4, -0.2) is 24.2 Å². The van der Waals surface area contributed by atoms with Crippen LogP contribution in [-0.2, 0) is 0 Å². The van der Waals surface area contributed by atoms with Gasteiger partial charge in [-0.15, -0.1) is 0 Å². The lowest BCUT2D eigenvalue weighted by molar-refractivity contribution is 0.0698. The number of halogens is 1. The summed E-state index contributed by atoms with van der Waals surface area (Å²) in [6.07, 6.45) is 1.73. The van der Waals surface area contributed by atoms with E-state index in [4.69, 9.17) is 16.3 Å². The molecule has 2 rings (SSSR count). The second-order valence-corrected chi connectivity index (χ2v) is 6.08. The van der Waals surface area contributed by atoms with Crippen LogP contribution < -0.4 is 10.1 Å². The van der Waals surface area contributed by atoms with Crippen molar-refractivity contribution in [3.63, 3.8) is 0 Å². The Morgan fingerprint density at radius 3 is 2.46 bits per heavy atom. The summed E-state index contributed by atoms with van der Waals surface area (Å²) in [6, 6.07) is 10.9. The molecule has 0 atom stereocenters. The molecule has 128 valence electrons. The number of ether oxygens (including phenoxy) is 1. The number of rotatable bonds is 8. The van der Waals surface area contributed by atoms with Gasteiger partial charge in [0.2, 0.25) is 0 Å². The third-order valence-corrected chi connectivity index (χ3v) is 4.09. The number of aryl methyl sites for hydroxylation is 2. The smallest absolute Gasteiger partial charge is 0.337 e. The maximum absolute atomic E-state index is 11.2. The van der Waals surface area contributed by atoms with Gasteiger partial charge >= 0.3 is 5.97 Å². The molecule has 0 aliphatic carbocycles. The predicted molar refractivity (Wildman–Crippen MR) is 97.5 cm³/mol. The number of benzene rings is 2. The second kappa shape index (κ2) is 8.60. The van der Waals surface area contributed by atoms with Crippen molar-refractivity contribution >= 4 is 23.3 Å². The number of hydrogen-bond donors (Lipinski definition) is 2. The maximum Gasteiger partial charge on any atom is 0.337 e. The van der Waals surface area contributed by atoms with Gasteiger partial charge in [0, 0.05) is 6.54 Å². The summed E-state index contributed by atoms with van der Waals surface area (Å²) in [4.78, 5) is 11.2. The standard InChI is InChI=1S/C19H22ClNO3/c1-13-7-5-8-14(2)18(13)24-12-4-3-11-21-17-15(19(22)23)9-6-10-16(17)20/h5-10,21H,3-4,11-12H2,1-2H3,(H,22,23). The molecule has 0 aliphatic heterocycles. The highest BCUT2D eigenvalue weighted by molar-refractivity contribution is 6.34.